The fourth-order valence-electron chi connectivity index (χ4n) is 1.88. The van der Waals surface area contributed by atoms with Crippen LogP contribution in [0.2, 0.25) is 0 Å². The highest BCUT2D eigenvalue weighted by Crippen LogP contribution is 2.20. The van der Waals surface area contributed by atoms with Crippen molar-refractivity contribution >= 4 is 15.7 Å². The maximum absolute atomic E-state index is 12.4. The molecule has 0 aliphatic heterocycles. The van der Waals surface area contributed by atoms with Gasteiger partial charge in [0.05, 0.1) is 5.69 Å². The second kappa shape index (κ2) is 6.86. The first kappa shape index (κ1) is 15.9. The summed E-state index contributed by atoms with van der Waals surface area (Å²) in [5.74, 6) is 0.249. The smallest absolute Gasteiger partial charge is 0.244 e. The van der Waals surface area contributed by atoms with Crippen molar-refractivity contribution in [2.24, 2.45) is 5.92 Å². The molecule has 0 saturated heterocycles. The molecule has 5 nitrogen and oxygen atoms in total. The Morgan fingerprint density at radius 2 is 2.00 bits per heavy atom. The monoisotopic (exact) mass is 285 g/mol. The standard InChI is InChI=1S/C13H23N3O2S/c1-5-11(10(3)4)16-19(17,18)13-9-14-8-7-12(13)15-6-2/h7-11,16H,5-6H2,1-4H3,(H,14,15). The molecule has 0 spiro atoms. The van der Waals surface area contributed by atoms with Crippen LogP contribution < -0.4 is 10.0 Å². The molecule has 19 heavy (non-hydrogen) atoms. The summed E-state index contributed by atoms with van der Waals surface area (Å²) in [5, 5.41) is 3.04. The number of rotatable bonds is 7. The molecule has 1 atom stereocenters. The lowest BCUT2D eigenvalue weighted by Crippen LogP contribution is -2.38. The van der Waals surface area contributed by atoms with Gasteiger partial charge in [0.1, 0.15) is 4.90 Å². The van der Waals surface area contributed by atoms with Gasteiger partial charge in [-0.15, -0.1) is 0 Å². The molecule has 108 valence electrons. The summed E-state index contributed by atoms with van der Waals surface area (Å²) in [6.07, 6.45) is 3.72. The molecule has 1 rings (SSSR count). The van der Waals surface area contributed by atoms with E-state index in [0.717, 1.165) is 6.42 Å². The molecule has 0 radical (unpaired) electrons. The van der Waals surface area contributed by atoms with E-state index in [9.17, 15) is 8.42 Å². The SMILES string of the molecule is CCNc1ccncc1S(=O)(=O)NC(CC)C(C)C. The van der Waals surface area contributed by atoms with E-state index >= 15 is 0 Å². The van der Waals surface area contributed by atoms with Crippen molar-refractivity contribution in [3.05, 3.63) is 18.5 Å². The predicted molar refractivity (Wildman–Crippen MR) is 77.6 cm³/mol. The Morgan fingerprint density at radius 3 is 2.53 bits per heavy atom. The van der Waals surface area contributed by atoms with Gasteiger partial charge in [-0.3, -0.25) is 4.98 Å². The van der Waals surface area contributed by atoms with Crippen LogP contribution in [0.4, 0.5) is 5.69 Å². The first-order valence-electron chi connectivity index (χ1n) is 6.62. The van der Waals surface area contributed by atoms with E-state index in [-0.39, 0.29) is 16.9 Å². The molecule has 0 aromatic carbocycles. The summed E-state index contributed by atoms with van der Waals surface area (Å²) in [6.45, 7) is 8.57. The minimum absolute atomic E-state index is 0.0697. The third kappa shape index (κ3) is 4.18. The zero-order valence-corrected chi connectivity index (χ0v) is 12.8. The van der Waals surface area contributed by atoms with E-state index in [1.54, 1.807) is 12.3 Å². The Bertz CT molecular complexity index is 500. The first-order chi connectivity index (χ1) is 8.92. The van der Waals surface area contributed by atoms with Crippen LogP contribution >= 0.6 is 0 Å². The molecule has 1 unspecified atom stereocenters. The average molecular weight is 285 g/mol. The molecule has 2 N–H and O–H groups in total. The maximum Gasteiger partial charge on any atom is 0.244 e. The molecule has 0 amide bonds. The zero-order chi connectivity index (χ0) is 14.5. The fourth-order valence-corrected chi connectivity index (χ4v) is 3.48. The van der Waals surface area contributed by atoms with Crippen LogP contribution in [0.5, 0.6) is 0 Å². The van der Waals surface area contributed by atoms with Gasteiger partial charge in [-0.2, -0.15) is 0 Å². The van der Waals surface area contributed by atoms with Crippen LogP contribution in [0.25, 0.3) is 0 Å². The van der Waals surface area contributed by atoms with E-state index in [4.69, 9.17) is 0 Å². The van der Waals surface area contributed by atoms with Gasteiger partial charge in [0.2, 0.25) is 10.0 Å². The first-order valence-corrected chi connectivity index (χ1v) is 8.10. The Morgan fingerprint density at radius 1 is 1.32 bits per heavy atom. The van der Waals surface area contributed by atoms with Crippen molar-refractivity contribution in [2.45, 2.75) is 45.1 Å². The minimum atomic E-state index is -3.54. The zero-order valence-electron chi connectivity index (χ0n) is 12.0. The van der Waals surface area contributed by atoms with Gasteiger partial charge < -0.3 is 5.32 Å². The van der Waals surface area contributed by atoms with Crippen LogP contribution in [0, 0.1) is 5.92 Å². The van der Waals surface area contributed by atoms with Crippen LogP contribution in [0.15, 0.2) is 23.4 Å². The van der Waals surface area contributed by atoms with E-state index in [2.05, 4.69) is 15.0 Å². The van der Waals surface area contributed by atoms with Crippen molar-refractivity contribution in [2.75, 3.05) is 11.9 Å². The summed E-state index contributed by atoms with van der Waals surface area (Å²) < 4.78 is 27.6. The Kier molecular flexibility index (Phi) is 5.75. The number of hydrogen-bond donors (Lipinski definition) is 2. The minimum Gasteiger partial charge on any atom is -0.384 e. The van der Waals surface area contributed by atoms with Crippen LogP contribution in [0.3, 0.4) is 0 Å². The van der Waals surface area contributed by atoms with Gasteiger partial charge in [0.15, 0.2) is 0 Å². The number of nitrogens with zero attached hydrogens (tertiary/aromatic N) is 1. The lowest BCUT2D eigenvalue weighted by atomic mass is 10.0. The van der Waals surface area contributed by atoms with Gasteiger partial charge >= 0.3 is 0 Å². The molecular weight excluding hydrogens is 262 g/mol. The normalized spacial score (nSPS) is 13.5. The number of sulfonamides is 1. The number of anilines is 1. The summed E-state index contributed by atoms with van der Waals surface area (Å²) in [7, 11) is -3.54. The van der Waals surface area contributed by atoms with Crippen molar-refractivity contribution in [3.63, 3.8) is 0 Å². The highest BCUT2D eigenvalue weighted by atomic mass is 32.2. The van der Waals surface area contributed by atoms with E-state index in [1.807, 2.05) is 27.7 Å². The van der Waals surface area contributed by atoms with E-state index < -0.39 is 10.0 Å². The summed E-state index contributed by atoms with van der Waals surface area (Å²) >= 11 is 0. The summed E-state index contributed by atoms with van der Waals surface area (Å²) in [5.41, 5.74) is 0.587. The van der Waals surface area contributed by atoms with Crippen LogP contribution in [-0.4, -0.2) is 26.0 Å². The molecule has 0 aliphatic rings. The van der Waals surface area contributed by atoms with E-state index in [0.29, 0.717) is 12.2 Å². The van der Waals surface area contributed by atoms with Gasteiger partial charge in [-0.25, -0.2) is 13.1 Å². The molecule has 1 aromatic rings. The van der Waals surface area contributed by atoms with Crippen molar-refractivity contribution < 1.29 is 8.42 Å². The van der Waals surface area contributed by atoms with Gasteiger partial charge in [0, 0.05) is 25.0 Å². The number of hydrogen-bond acceptors (Lipinski definition) is 4. The second-order valence-electron chi connectivity index (χ2n) is 4.78. The largest absolute Gasteiger partial charge is 0.384 e. The highest BCUT2D eigenvalue weighted by molar-refractivity contribution is 7.89. The lowest BCUT2D eigenvalue weighted by molar-refractivity contribution is 0.437. The van der Waals surface area contributed by atoms with Gasteiger partial charge in [0.25, 0.3) is 0 Å². The summed E-state index contributed by atoms with van der Waals surface area (Å²) in [6, 6.07) is 1.61. The quantitative estimate of drug-likeness (QED) is 0.806. The Hall–Kier alpha value is -1.14. The predicted octanol–water partition coefficient (Wildman–Crippen LogP) is 2.23. The molecule has 0 fully saturated rings. The van der Waals surface area contributed by atoms with Crippen LogP contribution in [-0.2, 0) is 10.0 Å². The van der Waals surface area contributed by atoms with Crippen molar-refractivity contribution in [1.82, 2.24) is 9.71 Å². The second-order valence-corrected chi connectivity index (χ2v) is 6.46. The van der Waals surface area contributed by atoms with Crippen molar-refractivity contribution in [1.29, 1.82) is 0 Å². The third-order valence-electron chi connectivity index (χ3n) is 2.99. The molecule has 0 bridgehead atoms. The topological polar surface area (TPSA) is 71.1 Å². The Balaban J connectivity index is 3.06. The molecule has 0 aliphatic carbocycles. The fraction of sp³-hybridized carbons (Fsp3) is 0.615. The molecule has 0 saturated carbocycles. The van der Waals surface area contributed by atoms with Gasteiger partial charge in [-0.05, 0) is 25.3 Å². The molecule has 1 heterocycles. The number of nitrogens with one attached hydrogen (secondary N) is 2. The van der Waals surface area contributed by atoms with E-state index in [1.165, 1.54) is 6.20 Å². The highest BCUT2D eigenvalue weighted by Gasteiger charge is 2.23. The van der Waals surface area contributed by atoms with Gasteiger partial charge in [-0.1, -0.05) is 20.8 Å². The summed E-state index contributed by atoms with van der Waals surface area (Å²) in [4.78, 5) is 4.12. The lowest BCUT2D eigenvalue weighted by Gasteiger charge is -2.21. The molecule has 6 heteroatoms. The maximum atomic E-state index is 12.4. The van der Waals surface area contributed by atoms with Crippen molar-refractivity contribution in [3.8, 4) is 0 Å². The van der Waals surface area contributed by atoms with Crippen LogP contribution in [0.1, 0.15) is 34.1 Å². The number of pyridine rings is 1. The number of aromatic nitrogens is 1. The molecular formula is C13H23N3O2S. The average Bonchev–Trinajstić information content (AvgIpc) is 2.36. The Labute approximate surface area is 115 Å². The third-order valence-corrected chi connectivity index (χ3v) is 4.51. The molecule has 1 aromatic heterocycles.